The van der Waals surface area contributed by atoms with E-state index in [4.69, 9.17) is 11.6 Å². The summed E-state index contributed by atoms with van der Waals surface area (Å²) in [5.74, 6) is -0.316. The highest BCUT2D eigenvalue weighted by Crippen LogP contribution is 2.37. The van der Waals surface area contributed by atoms with Gasteiger partial charge in [0, 0.05) is 24.6 Å². The number of hydrogen-bond acceptors (Lipinski definition) is 2. The zero-order chi connectivity index (χ0) is 14.7. The molecule has 0 bridgehead atoms. The first kappa shape index (κ1) is 14.8. The minimum atomic E-state index is -0.583. The summed E-state index contributed by atoms with van der Waals surface area (Å²) in [6, 6.07) is 4.06. The molecule has 20 heavy (non-hydrogen) atoms. The minimum Gasteiger partial charge on any atom is -0.355 e. The Morgan fingerprint density at radius 2 is 2.15 bits per heavy atom. The summed E-state index contributed by atoms with van der Waals surface area (Å²) >= 11 is 5.55. The van der Waals surface area contributed by atoms with Gasteiger partial charge in [-0.2, -0.15) is 0 Å². The molecule has 0 spiro atoms. The molecule has 0 aromatic heterocycles. The number of nitrogens with one attached hydrogen (secondary N) is 2. The first-order chi connectivity index (χ1) is 9.47. The Labute approximate surface area is 121 Å². The lowest BCUT2D eigenvalue weighted by molar-refractivity contribution is -0.122. The molecule has 6 heteroatoms. The van der Waals surface area contributed by atoms with Crippen LogP contribution < -0.4 is 10.6 Å². The van der Waals surface area contributed by atoms with Crippen LogP contribution >= 0.6 is 11.6 Å². The molecular formula is C14H16ClFN2O2. The summed E-state index contributed by atoms with van der Waals surface area (Å²) in [5.41, 5.74) is 0.346. The van der Waals surface area contributed by atoms with Crippen LogP contribution in [0.1, 0.15) is 19.8 Å². The number of carbonyl (C=O) groups is 2. The Morgan fingerprint density at radius 3 is 2.75 bits per heavy atom. The van der Waals surface area contributed by atoms with Gasteiger partial charge in [-0.25, -0.2) is 4.39 Å². The van der Waals surface area contributed by atoms with Crippen molar-refractivity contribution in [1.29, 1.82) is 0 Å². The van der Waals surface area contributed by atoms with Gasteiger partial charge >= 0.3 is 0 Å². The van der Waals surface area contributed by atoms with Gasteiger partial charge in [-0.15, -0.1) is 0 Å². The van der Waals surface area contributed by atoms with E-state index < -0.39 is 5.82 Å². The molecule has 0 heterocycles. The van der Waals surface area contributed by atoms with Crippen LogP contribution in [0.15, 0.2) is 18.2 Å². The molecule has 1 fully saturated rings. The molecule has 1 aromatic carbocycles. The fourth-order valence-corrected chi connectivity index (χ4v) is 2.03. The van der Waals surface area contributed by atoms with Crippen LogP contribution in [0, 0.1) is 17.7 Å². The largest absolute Gasteiger partial charge is 0.355 e. The standard InChI is InChI=1S/C14H16ClFN2O2/c1-8-6-10(8)14(20)17-5-4-13(19)18-9-2-3-11(15)12(16)7-9/h2-3,7-8,10H,4-6H2,1H3,(H,17,20)(H,18,19). The van der Waals surface area contributed by atoms with Crippen molar-refractivity contribution in [3.63, 3.8) is 0 Å². The van der Waals surface area contributed by atoms with Crippen molar-refractivity contribution in [2.24, 2.45) is 11.8 Å². The van der Waals surface area contributed by atoms with E-state index in [1.165, 1.54) is 12.1 Å². The van der Waals surface area contributed by atoms with E-state index in [-0.39, 0.29) is 35.7 Å². The molecule has 108 valence electrons. The summed E-state index contributed by atoms with van der Waals surface area (Å²) in [6.07, 6.45) is 1.07. The molecule has 0 saturated heterocycles. The molecule has 0 aliphatic heterocycles. The van der Waals surface area contributed by atoms with Crippen molar-refractivity contribution >= 4 is 29.1 Å². The topological polar surface area (TPSA) is 58.2 Å². The number of hydrogen-bond donors (Lipinski definition) is 2. The highest BCUT2D eigenvalue weighted by atomic mass is 35.5. The second-order valence-electron chi connectivity index (χ2n) is 5.04. The van der Waals surface area contributed by atoms with Crippen molar-refractivity contribution < 1.29 is 14.0 Å². The van der Waals surface area contributed by atoms with Gasteiger partial charge in [0.15, 0.2) is 0 Å². The fraction of sp³-hybridized carbons (Fsp3) is 0.429. The SMILES string of the molecule is CC1CC1C(=O)NCCC(=O)Nc1ccc(Cl)c(F)c1. The molecule has 1 aromatic rings. The predicted molar refractivity (Wildman–Crippen MR) is 74.9 cm³/mol. The third-order valence-electron chi connectivity index (χ3n) is 3.30. The van der Waals surface area contributed by atoms with Crippen LogP contribution in [0.2, 0.25) is 5.02 Å². The minimum absolute atomic E-state index is 0.00263. The van der Waals surface area contributed by atoms with Gasteiger partial charge in [0.05, 0.1) is 5.02 Å². The van der Waals surface area contributed by atoms with Gasteiger partial charge in [0.25, 0.3) is 0 Å². The first-order valence-corrected chi connectivity index (χ1v) is 6.88. The van der Waals surface area contributed by atoms with Gasteiger partial charge in [-0.05, 0) is 30.5 Å². The summed E-state index contributed by atoms with van der Waals surface area (Å²) in [7, 11) is 0. The fourth-order valence-electron chi connectivity index (χ4n) is 1.92. The summed E-state index contributed by atoms with van der Waals surface area (Å²) in [5, 5.41) is 5.27. The Morgan fingerprint density at radius 1 is 1.45 bits per heavy atom. The van der Waals surface area contributed by atoms with Crippen LogP contribution in [0.25, 0.3) is 0 Å². The Balaban J connectivity index is 1.72. The summed E-state index contributed by atoms with van der Waals surface area (Å²) in [4.78, 5) is 23.2. The van der Waals surface area contributed by atoms with E-state index >= 15 is 0 Å². The lowest BCUT2D eigenvalue weighted by Crippen LogP contribution is -2.29. The maximum Gasteiger partial charge on any atom is 0.226 e. The van der Waals surface area contributed by atoms with Crippen LogP contribution in [0.5, 0.6) is 0 Å². The molecule has 2 N–H and O–H groups in total. The molecule has 1 aliphatic rings. The number of halogens is 2. The van der Waals surface area contributed by atoms with Crippen molar-refractivity contribution in [3.05, 3.63) is 29.0 Å². The molecule has 2 unspecified atom stereocenters. The Kier molecular flexibility index (Phi) is 4.60. The second-order valence-corrected chi connectivity index (χ2v) is 5.44. The van der Waals surface area contributed by atoms with Gasteiger partial charge in [0.2, 0.25) is 11.8 Å². The van der Waals surface area contributed by atoms with Crippen molar-refractivity contribution in [2.75, 3.05) is 11.9 Å². The van der Waals surface area contributed by atoms with Gasteiger partial charge < -0.3 is 10.6 Å². The smallest absolute Gasteiger partial charge is 0.226 e. The molecular weight excluding hydrogens is 283 g/mol. The summed E-state index contributed by atoms with van der Waals surface area (Å²) in [6.45, 7) is 2.30. The van der Waals surface area contributed by atoms with Crippen molar-refractivity contribution in [3.8, 4) is 0 Å². The van der Waals surface area contributed by atoms with E-state index in [1.54, 1.807) is 0 Å². The van der Waals surface area contributed by atoms with Crippen LogP contribution in [-0.4, -0.2) is 18.4 Å². The second kappa shape index (κ2) is 6.22. The van der Waals surface area contributed by atoms with E-state index in [1.807, 2.05) is 6.92 Å². The van der Waals surface area contributed by atoms with Gasteiger partial charge in [-0.1, -0.05) is 18.5 Å². The summed E-state index contributed by atoms with van der Waals surface area (Å²) < 4.78 is 13.2. The third-order valence-corrected chi connectivity index (χ3v) is 3.61. The van der Waals surface area contributed by atoms with E-state index in [0.29, 0.717) is 11.6 Å². The molecule has 2 amide bonds. The van der Waals surface area contributed by atoms with Crippen molar-refractivity contribution in [2.45, 2.75) is 19.8 Å². The molecule has 4 nitrogen and oxygen atoms in total. The molecule has 2 rings (SSSR count). The number of anilines is 1. The van der Waals surface area contributed by atoms with E-state index in [0.717, 1.165) is 12.5 Å². The zero-order valence-electron chi connectivity index (χ0n) is 11.1. The number of benzene rings is 1. The van der Waals surface area contributed by atoms with E-state index in [9.17, 15) is 14.0 Å². The Bertz CT molecular complexity index is 536. The maximum atomic E-state index is 13.2. The molecule has 1 aliphatic carbocycles. The monoisotopic (exact) mass is 298 g/mol. The Hall–Kier alpha value is -1.62. The lowest BCUT2D eigenvalue weighted by atomic mass is 10.3. The maximum absolute atomic E-state index is 13.2. The van der Waals surface area contributed by atoms with Crippen molar-refractivity contribution in [1.82, 2.24) is 5.32 Å². The van der Waals surface area contributed by atoms with E-state index in [2.05, 4.69) is 10.6 Å². The molecule has 1 saturated carbocycles. The predicted octanol–water partition coefficient (Wildman–Crippen LogP) is 2.58. The average Bonchev–Trinajstić information content (AvgIpc) is 3.11. The number of rotatable bonds is 5. The number of carbonyl (C=O) groups excluding carboxylic acids is 2. The normalized spacial score (nSPS) is 20.4. The highest BCUT2D eigenvalue weighted by Gasteiger charge is 2.38. The zero-order valence-corrected chi connectivity index (χ0v) is 11.8. The highest BCUT2D eigenvalue weighted by molar-refractivity contribution is 6.30. The van der Waals surface area contributed by atoms with Crippen LogP contribution in [0.4, 0.5) is 10.1 Å². The van der Waals surface area contributed by atoms with Gasteiger partial charge in [-0.3, -0.25) is 9.59 Å². The van der Waals surface area contributed by atoms with Crippen LogP contribution in [-0.2, 0) is 9.59 Å². The lowest BCUT2D eigenvalue weighted by Gasteiger charge is -2.07. The molecule has 2 atom stereocenters. The quantitative estimate of drug-likeness (QED) is 0.878. The van der Waals surface area contributed by atoms with Gasteiger partial charge in [0.1, 0.15) is 5.82 Å². The van der Waals surface area contributed by atoms with Crippen LogP contribution in [0.3, 0.4) is 0 Å². The average molecular weight is 299 g/mol. The molecule has 0 radical (unpaired) electrons. The third kappa shape index (κ3) is 3.93. The number of amides is 2. The first-order valence-electron chi connectivity index (χ1n) is 6.50.